The molecule has 2 aromatic carbocycles. The SMILES string of the molecule is CCN(Cc1ccc2c(c1)OCCO2)C(=O)CSc1nnc(C(C)N(C)C)n1-c1ccc(F)cc1. The van der Waals surface area contributed by atoms with Crippen LogP contribution >= 0.6 is 11.8 Å². The second-order valence-corrected chi connectivity index (χ2v) is 9.41. The number of hydrogen-bond donors (Lipinski definition) is 0. The number of amides is 1. The van der Waals surface area contributed by atoms with Crippen molar-refractivity contribution < 1.29 is 18.7 Å². The predicted octanol–water partition coefficient (Wildman–Crippen LogP) is 3.94. The molecule has 2 heterocycles. The molecule has 1 amide bonds. The van der Waals surface area contributed by atoms with Gasteiger partial charge in [0, 0.05) is 18.8 Å². The van der Waals surface area contributed by atoms with Crippen LogP contribution in [0.3, 0.4) is 0 Å². The Morgan fingerprint density at radius 1 is 1.11 bits per heavy atom. The van der Waals surface area contributed by atoms with Crippen molar-refractivity contribution in [3.8, 4) is 17.2 Å². The number of thioether (sulfide) groups is 1. The van der Waals surface area contributed by atoms with Crippen molar-refractivity contribution in [1.82, 2.24) is 24.6 Å². The van der Waals surface area contributed by atoms with Gasteiger partial charge in [0.05, 0.1) is 11.8 Å². The van der Waals surface area contributed by atoms with Gasteiger partial charge in [0.15, 0.2) is 22.5 Å². The lowest BCUT2D eigenvalue weighted by molar-refractivity contribution is -0.128. The number of fused-ring (bicyclic) bond motifs is 1. The molecule has 1 aromatic heterocycles. The number of carbonyl (C=O) groups excluding carboxylic acids is 1. The Morgan fingerprint density at radius 2 is 1.83 bits per heavy atom. The number of ether oxygens (including phenoxy) is 2. The monoisotopic (exact) mass is 499 g/mol. The zero-order valence-corrected chi connectivity index (χ0v) is 21.2. The normalized spacial score (nSPS) is 13.7. The van der Waals surface area contributed by atoms with Gasteiger partial charge in [0.1, 0.15) is 19.0 Å². The van der Waals surface area contributed by atoms with E-state index in [9.17, 15) is 9.18 Å². The Bertz CT molecular complexity index is 1170. The molecule has 8 nitrogen and oxygen atoms in total. The second kappa shape index (κ2) is 11.1. The van der Waals surface area contributed by atoms with Crippen LogP contribution in [0.5, 0.6) is 11.5 Å². The standard InChI is InChI=1S/C25H30FN5O3S/c1-5-30(15-18-6-11-21-22(14-18)34-13-12-33-21)23(32)16-35-25-28-27-24(17(2)29(3)4)31(25)20-9-7-19(26)8-10-20/h6-11,14,17H,5,12-13,15-16H2,1-4H3. The smallest absolute Gasteiger partial charge is 0.233 e. The Labute approximate surface area is 209 Å². The van der Waals surface area contributed by atoms with Crippen molar-refractivity contribution in [1.29, 1.82) is 0 Å². The van der Waals surface area contributed by atoms with E-state index in [1.807, 2.05) is 55.6 Å². The van der Waals surface area contributed by atoms with Crippen molar-refractivity contribution >= 4 is 17.7 Å². The summed E-state index contributed by atoms with van der Waals surface area (Å²) in [6, 6.07) is 11.9. The maximum absolute atomic E-state index is 13.6. The molecular formula is C25H30FN5O3S. The fourth-order valence-electron chi connectivity index (χ4n) is 3.71. The van der Waals surface area contributed by atoms with E-state index in [2.05, 4.69) is 10.2 Å². The fourth-order valence-corrected chi connectivity index (χ4v) is 4.57. The molecule has 4 rings (SSSR count). The summed E-state index contributed by atoms with van der Waals surface area (Å²) >= 11 is 1.32. The highest BCUT2D eigenvalue weighted by molar-refractivity contribution is 7.99. The van der Waals surface area contributed by atoms with Gasteiger partial charge in [-0.1, -0.05) is 17.8 Å². The van der Waals surface area contributed by atoms with E-state index in [0.29, 0.717) is 37.2 Å². The van der Waals surface area contributed by atoms with E-state index in [0.717, 1.165) is 22.8 Å². The van der Waals surface area contributed by atoms with Crippen LogP contribution in [0, 0.1) is 5.82 Å². The molecule has 0 spiro atoms. The summed E-state index contributed by atoms with van der Waals surface area (Å²) in [5.41, 5.74) is 1.73. The Balaban J connectivity index is 1.50. The minimum Gasteiger partial charge on any atom is -0.486 e. The van der Waals surface area contributed by atoms with Gasteiger partial charge < -0.3 is 14.4 Å². The van der Waals surface area contributed by atoms with Crippen LogP contribution in [0.4, 0.5) is 4.39 Å². The molecule has 1 aliphatic rings. The molecule has 3 aromatic rings. The molecule has 0 N–H and O–H groups in total. The van der Waals surface area contributed by atoms with E-state index in [4.69, 9.17) is 9.47 Å². The van der Waals surface area contributed by atoms with Gasteiger partial charge in [0.2, 0.25) is 5.91 Å². The molecule has 1 unspecified atom stereocenters. The fraction of sp³-hybridized carbons (Fsp3) is 0.400. The van der Waals surface area contributed by atoms with Crippen LogP contribution in [0.15, 0.2) is 47.6 Å². The van der Waals surface area contributed by atoms with Crippen LogP contribution in [0.1, 0.15) is 31.3 Å². The van der Waals surface area contributed by atoms with Gasteiger partial charge in [-0.3, -0.25) is 14.3 Å². The predicted molar refractivity (Wildman–Crippen MR) is 133 cm³/mol. The van der Waals surface area contributed by atoms with Crippen LogP contribution in [0.2, 0.25) is 0 Å². The molecule has 0 bridgehead atoms. The number of aromatic nitrogens is 3. The van der Waals surface area contributed by atoms with E-state index < -0.39 is 0 Å². The van der Waals surface area contributed by atoms with Gasteiger partial charge in [-0.05, 0) is 69.9 Å². The molecule has 35 heavy (non-hydrogen) atoms. The lowest BCUT2D eigenvalue weighted by atomic mass is 10.2. The molecular weight excluding hydrogens is 469 g/mol. The first-order valence-corrected chi connectivity index (χ1v) is 12.5. The number of halogens is 1. The summed E-state index contributed by atoms with van der Waals surface area (Å²) in [6.07, 6.45) is 0. The summed E-state index contributed by atoms with van der Waals surface area (Å²) < 4.78 is 26.7. The van der Waals surface area contributed by atoms with Crippen molar-refractivity contribution in [2.45, 2.75) is 31.6 Å². The van der Waals surface area contributed by atoms with E-state index >= 15 is 0 Å². The lowest BCUT2D eigenvalue weighted by Gasteiger charge is -2.23. The van der Waals surface area contributed by atoms with E-state index in [1.165, 1.54) is 23.9 Å². The van der Waals surface area contributed by atoms with Crippen LogP contribution in [0.25, 0.3) is 5.69 Å². The van der Waals surface area contributed by atoms with Crippen molar-refractivity contribution in [3.63, 3.8) is 0 Å². The average Bonchev–Trinajstić information content (AvgIpc) is 3.29. The summed E-state index contributed by atoms with van der Waals surface area (Å²) in [7, 11) is 3.92. The maximum atomic E-state index is 13.6. The Morgan fingerprint density at radius 3 is 2.51 bits per heavy atom. The zero-order chi connectivity index (χ0) is 24.9. The van der Waals surface area contributed by atoms with Gasteiger partial charge in [-0.25, -0.2) is 4.39 Å². The molecule has 10 heteroatoms. The molecule has 1 atom stereocenters. The van der Waals surface area contributed by atoms with Gasteiger partial charge >= 0.3 is 0 Å². The highest BCUT2D eigenvalue weighted by Crippen LogP contribution is 2.31. The van der Waals surface area contributed by atoms with Crippen LogP contribution < -0.4 is 9.47 Å². The zero-order valence-electron chi connectivity index (χ0n) is 20.4. The number of hydrogen-bond acceptors (Lipinski definition) is 7. The van der Waals surface area contributed by atoms with E-state index in [1.54, 1.807) is 17.0 Å². The summed E-state index contributed by atoms with van der Waals surface area (Å²) in [4.78, 5) is 16.9. The molecule has 0 fully saturated rings. The second-order valence-electron chi connectivity index (χ2n) is 8.47. The van der Waals surface area contributed by atoms with Crippen LogP contribution in [-0.2, 0) is 11.3 Å². The highest BCUT2D eigenvalue weighted by atomic mass is 32.2. The lowest BCUT2D eigenvalue weighted by Crippen LogP contribution is -2.32. The third kappa shape index (κ3) is 5.76. The molecule has 0 saturated carbocycles. The third-order valence-corrected chi connectivity index (χ3v) is 6.84. The summed E-state index contributed by atoms with van der Waals surface area (Å²) in [5, 5.41) is 9.34. The summed E-state index contributed by atoms with van der Waals surface area (Å²) in [6.45, 7) is 6.09. The third-order valence-electron chi connectivity index (χ3n) is 5.93. The molecule has 0 radical (unpaired) electrons. The average molecular weight is 500 g/mol. The minimum atomic E-state index is -0.314. The quantitative estimate of drug-likeness (QED) is 0.413. The molecule has 1 aliphatic heterocycles. The Kier molecular flexibility index (Phi) is 7.92. The first-order chi connectivity index (χ1) is 16.9. The molecule has 186 valence electrons. The van der Waals surface area contributed by atoms with Crippen LogP contribution in [-0.4, -0.2) is 70.1 Å². The van der Waals surface area contributed by atoms with Crippen molar-refractivity contribution in [2.75, 3.05) is 39.6 Å². The Hall–Kier alpha value is -3.11. The largest absolute Gasteiger partial charge is 0.486 e. The van der Waals surface area contributed by atoms with Crippen molar-refractivity contribution in [2.24, 2.45) is 0 Å². The number of benzene rings is 2. The topological polar surface area (TPSA) is 72.7 Å². The number of carbonyl (C=O) groups is 1. The first-order valence-electron chi connectivity index (χ1n) is 11.5. The highest BCUT2D eigenvalue weighted by Gasteiger charge is 2.23. The number of nitrogens with zero attached hydrogens (tertiary/aromatic N) is 5. The maximum Gasteiger partial charge on any atom is 0.233 e. The van der Waals surface area contributed by atoms with Gasteiger partial charge in [-0.2, -0.15) is 0 Å². The summed E-state index contributed by atoms with van der Waals surface area (Å²) in [5.74, 6) is 2.04. The number of rotatable bonds is 9. The van der Waals surface area contributed by atoms with E-state index in [-0.39, 0.29) is 23.5 Å². The first kappa shape index (κ1) is 25.0. The molecule has 0 aliphatic carbocycles. The molecule has 0 saturated heterocycles. The van der Waals surface area contributed by atoms with Gasteiger partial charge in [0.25, 0.3) is 0 Å². The van der Waals surface area contributed by atoms with Gasteiger partial charge in [-0.15, -0.1) is 10.2 Å². The minimum absolute atomic E-state index is 0.0109. The van der Waals surface area contributed by atoms with Crippen molar-refractivity contribution in [3.05, 3.63) is 59.7 Å².